The molecule has 8 heteroatoms. The maximum atomic E-state index is 13.5. The van der Waals surface area contributed by atoms with Crippen molar-refractivity contribution in [2.24, 2.45) is 5.73 Å². The zero-order valence-electron chi connectivity index (χ0n) is 18.2. The summed E-state index contributed by atoms with van der Waals surface area (Å²) < 4.78 is 13.5. The van der Waals surface area contributed by atoms with Gasteiger partial charge in [0.1, 0.15) is 17.5 Å². The second-order valence-electron chi connectivity index (χ2n) is 8.04. The molecule has 0 radical (unpaired) electrons. The number of aromatic nitrogens is 2. The molecule has 1 atom stereocenters. The summed E-state index contributed by atoms with van der Waals surface area (Å²) in [5.74, 6) is -0.539. The van der Waals surface area contributed by atoms with Crippen molar-refractivity contribution < 1.29 is 14.0 Å². The number of amides is 2. The minimum absolute atomic E-state index is 0.0333. The number of primary amides is 1. The monoisotopic (exact) mass is 447 g/mol. The molecule has 2 amide bonds. The number of carbonyl (C=O) groups is 2. The summed E-state index contributed by atoms with van der Waals surface area (Å²) >= 11 is 0. The lowest BCUT2D eigenvalue weighted by Crippen LogP contribution is -2.36. The van der Waals surface area contributed by atoms with Gasteiger partial charge in [-0.25, -0.2) is 9.37 Å². The summed E-state index contributed by atoms with van der Waals surface area (Å²) in [5.41, 5.74) is 7.87. The van der Waals surface area contributed by atoms with E-state index in [4.69, 9.17) is 10.7 Å². The van der Waals surface area contributed by atoms with E-state index in [0.717, 1.165) is 18.4 Å². The highest BCUT2D eigenvalue weighted by molar-refractivity contribution is 5.93. The van der Waals surface area contributed by atoms with Crippen LogP contribution < -0.4 is 16.0 Å². The number of rotatable bonds is 8. The van der Waals surface area contributed by atoms with Crippen LogP contribution in [0, 0.1) is 5.82 Å². The smallest absolute Gasteiger partial charge is 0.229 e. The summed E-state index contributed by atoms with van der Waals surface area (Å²) in [6, 6.07) is 13.5. The Balaban J connectivity index is 1.66. The first-order chi connectivity index (χ1) is 16.0. The van der Waals surface area contributed by atoms with Crippen molar-refractivity contribution in [3.8, 4) is 0 Å². The molecule has 1 saturated heterocycles. The Hall–Kier alpha value is -3.81. The topological polar surface area (TPSA) is 101 Å². The van der Waals surface area contributed by atoms with Crippen LogP contribution in [0.4, 0.5) is 16.0 Å². The fourth-order valence-electron chi connectivity index (χ4n) is 4.09. The Morgan fingerprint density at radius 2 is 2.06 bits per heavy atom. The Morgan fingerprint density at radius 3 is 2.79 bits per heavy atom. The molecule has 3 heterocycles. The van der Waals surface area contributed by atoms with Gasteiger partial charge in [-0.1, -0.05) is 24.3 Å². The maximum Gasteiger partial charge on any atom is 0.229 e. The van der Waals surface area contributed by atoms with Crippen molar-refractivity contribution in [1.29, 1.82) is 0 Å². The molecular weight excluding hydrogens is 421 g/mol. The molecule has 170 valence electrons. The molecule has 1 fully saturated rings. The molecular formula is C25H26FN5O2. The standard InChI is InChI=1S/C25H26FN5O2/c26-19-7-3-5-17(15-19)11-13-29-25-20(23(24(27)33)18-6-4-12-28-16-18)9-10-21(30-25)31-14-2-1-8-22(31)32/h3-7,9-10,12,15-16,23H,1-2,8,11,13-14H2,(H2,27,33)(H,29,30). The lowest BCUT2D eigenvalue weighted by atomic mass is 9.92. The van der Waals surface area contributed by atoms with E-state index in [0.29, 0.717) is 48.7 Å². The predicted octanol–water partition coefficient (Wildman–Crippen LogP) is 3.40. The van der Waals surface area contributed by atoms with E-state index >= 15 is 0 Å². The Morgan fingerprint density at radius 1 is 1.18 bits per heavy atom. The average Bonchev–Trinajstić information content (AvgIpc) is 2.81. The highest BCUT2D eigenvalue weighted by Gasteiger charge is 2.27. The van der Waals surface area contributed by atoms with Gasteiger partial charge in [0, 0.05) is 37.5 Å². The van der Waals surface area contributed by atoms with Gasteiger partial charge in [0.15, 0.2) is 0 Å². The second kappa shape index (κ2) is 10.2. The largest absolute Gasteiger partial charge is 0.369 e. The molecule has 1 unspecified atom stereocenters. The summed E-state index contributed by atoms with van der Waals surface area (Å²) in [7, 11) is 0. The summed E-state index contributed by atoms with van der Waals surface area (Å²) in [4.78, 5) is 35.4. The number of pyridine rings is 2. The minimum atomic E-state index is -0.756. The Labute approximate surface area is 191 Å². The quantitative estimate of drug-likeness (QED) is 0.551. The van der Waals surface area contributed by atoms with Crippen LogP contribution >= 0.6 is 0 Å². The SMILES string of the molecule is NC(=O)C(c1cccnc1)c1ccc(N2CCCCC2=O)nc1NCCc1cccc(F)c1. The van der Waals surface area contributed by atoms with E-state index in [-0.39, 0.29) is 11.7 Å². The number of benzene rings is 1. The van der Waals surface area contributed by atoms with Crippen molar-refractivity contribution in [2.45, 2.75) is 31.6 Å². The first kappa shape index (κ1) is 22.4. The predicted molar refractivity (Wildman–Crippen MR) is 124 cm³/mol. The van der Waals surface area contributed by atoms with Gasteiger partial charge in [-0.05, 0) is 54.7 Å². The van der Waals surface area contributed by atoms with Crippen LogP contribution in [0.25, 0.3) is 0 Å². The van der Waals surface area contributed by atoms with Crippen molar-refractivity contribution in [1.82, 2.24) is 9.97 Å². The molecule has 1 aliphatic rings. The molecule has 0 bridgehead atoms. The molecule has 2 aromatic heterocycles. The normalized spacial score (nSPS) is 14.7. The third-order valence-electron chi connectivity index (χ3n) is 5.72. The molecule has 0 spiro atoms. The van der Waals surface area contributed by atoms with Crippen LogP contribution in [0.15, 0.2) is 60.9 Å². The van der Waals surface area contributed by atoms with Gasteiger partial charge >= 0.3 is 0 Å². The van der Waals surface area contributed by atoms with Crippen LogP contribution in [-0.4, -0.2) is 34.9 Å². The van der Waals surface area contributed by atoms with E-state index < -0.39 is 11.8 Å². The van der Waals surface area contributed by atoms with Crippen molar-refractivity contribution >= 4 is 23.5 Å². The fourth-order valence-corrected chi connectivity index (χ4v) is 4.09. The number of anilines is 2. The van der Waals surface area contributed by atoms with E-state index in [2.05, 4.69) is 10.3 Å². The number of piperidine rings is 1. The van der Waals surface area contributed by atoms with Gasteiger partial charge in [0.05, 0.1) is 5.92 Å². The highest BCUT2D eigenvalue weighted by atomic mass is 19.1. The number of nitrogens with two attached hydrogens (primary N) is 1. The molecule has 3 N–H and O–H groups in total. The molecule has 4 rings (SSSR count). The molecule has 1 aliphatic heterocycles. The molecule has 0 saturated carbocycles. The number of hydrogen-bond acceptors (Lipinski definition) is 5. The van der Waals surface area contributed by atoms with Gasteiger partial charge in [0.25, 0.3) is 0 Å². The lowest BCUT2D eigenvalue weighted by Gasteiger charge is -2.27. The second-order valence-corrected chi connectivity index (χ2v) is 8.04. The van der Waals surface area contributed by atoms with Crippen LogP contribution in [0.2, 0.25) is 0 Å². The van der Waals surface area contributed by atoms with Gasteiger partial charge in [-0.15, -0.1) is 0 Å². The third-order valence-corrected chi connectivity index (χ3v) is 5.72. The van der Waals surface area contributed by atoms with E-state index in [1.807, 2.05) is 6.07 Å². The van der Waals surface area contributed by atoms with Gasteiger partial charge in [-0.2, -0.15) is 0 Å². The van der Waals surface area contributed by atoms with Gasteiger partial charge in [-0.3, -0.25) is 19.5 Å². The number of hydrogen-bond donors (Lipinski definition) is 2. The van der Waals surface area contributed by atoms with Crippen molar-refractivity contribution in [2.75, 3.05) is 23.3 Å². The first-order valence-corrected chi connectivity index (χ1v) is 11.0. The Kier molecular flexibility index (Phi) is 6.92. The van der Waals surface area contributed by atoms with E-state index in [1.54, 1.807) is 47.6 Å². The zero-order chi connectivity index (χ0) is 23.2. The molecule has 3 aromatic rings. The molecule has 1 aromatic carbocycles. The van der Waals surface area contributed by atoms with Crippen molar-refractivity contribution in [3.05, 3.63) is 83.4 Å². The number of nitrogens with zero attached hydrogens (tertiary/aromatic N) is 3. The lowest BCUT2D eigenvalue weighted by molar-refractivity contribution is -0.120. The number of nitrogens with one attached hydrogen (secondary N) is 1. The summed E-state index contributed by atoms with van der Waals surface area (Å²) in [6.07, 6.45) is 6.07. The number of carbonyl (C=O) groups excluding carboxylic acids is 2. The average molecular weight is 448 g/mol. The molecule has 0 aliphatic carbocycles. The minimum Gasteiger partial charge on any atom is -0.369 e. The van der Waals surface area contributed by atoms with Gasteiger partial charge in [0.2, 0.25) is 11.8 Å². The highest BCUT2D eigenvalue weighted by Crippen LogP contribution is 2.32. The third kappa shape index (κ3) is 5.34. The Bertz CT molecular complexity index is 1140. The van der Waals surface area contributed by atoms with Gasteiger partial charge < -0.3 is 11.1 Å². The van der Waals surface area contributed by atoms with Crippen LogP contribution in [0.1, 0.15) is 41.9 Å². The maximum absolute atomic E-state index is 13.5. The van der Waals surface area contributed by atoms with Crippen LogP contribution in [-0.2, 0) is 16.0 Å². The van der Waals surface area contributed by atoms with E-state index in [9.17, 15) is 14.0 Å². The molecule has 7 nitrogen and oxygen atoms in total. The van der Waals surface area contributed by atoms with Crippen LogP contribution in [0.3, 0.4) is 0 Å². The van der Waals surface area contributed by atoms with Crippen LogP contribution in [0.5, 0.6) is 0 Å². The summed E-state index contributed by atoms with van der Waals surface area (Å²) in [6.45, 7) is 1.06. The molecule has 33 heavy (non-hydrogen) atoms. The first-order valence-electron chi connectivity index (χ1n) is 11.0. The van der Waals surface area contributed by atoms with E-state index in [1.165, 1.54) is 12.1 Å². The zero-order valence-corrected chi connectivity index (χ0v) is 18.2. The fraction of sp³-hybridized carbons (Fsp3) is 0.280. The number of halogens is 1. The van der Waals surface area contributed by atoms with Crippen molar-refractivity contribution in [3.63, 3.8) is 0 Å². The summed E-state index contributed by atoms with van der Waals surface area (Å²) in [5, 5.41) is 3.28.